The molecule has 2 aromatic rings. The lowest BCUT2D eigenvalue weighted by atomic mass is 10.1. The number of hydrogen-bond donors (Lipinski definition) is 2. The predicted octanol–water partition coefficient (Wildman–Crippen LogP) is 2.66. The van der Waals surface area contributed by atoms with Crippen molar-refractivity contribution < 1.29 is 4.79 Å². The van der Waals surface area contributed by atoms with Crippen molar-refractivity contribution in [1.82, 2.24) is 29.9 Å². The number of piperazine rings is 1. The minimum atomic E-state index is -0.190. The van der Waals surface area contributed by atoms with E-state index in [2.05, 4.69) is 56.4 Å². The van der Waals surface area contributed by atoms with Gasteiger partial charge >= 0.3 is 0 Å². The smallest absolute Gasteiger partial charge is 0.234 e. The Morgan fingerprint density at radius 3 is 2.34 bits per heavy atom. The van der Waals surface area contributed by atoms with Gasteiger partial charge in [-0.15, -0.1) is 0 Å². The Hall–Kier alpha value is -2.03. The molecule has 1 fully saturated rings. The van der Waals surface area contributed by atoms with Gasteiger partial charge in [0.05, 0.1) is 13.2 Å². The van der Waals surface area contributed by atoms with E-state index in [0.29, 0.717) is 18.0 Å². The highest BCUT2D eigenvalue weighted by Crippen LogP contribution is 2.16. The van der Waals surface area contributed by atoms with Crippen LogP contribution in [0.5, 0.6) is 0 Å². The minimum absolute atomic E-state index is 0.0838. The molecule has 2 N–H and O–H groups in total. The summed E-state index contributed by atoms with van der Waals surface area (Å²) >= 11 is 5.45. The van der Waals surface area contributed by atoms with Crippen molar-refractivity contribution in [2.45, 2.75) is 46.3 Å². The van der Waals surface area contributed by atoms with Gasteiger partial charge in [0.15, 0.2) is 5.82 Å². The molecule has 1 aromatic heterocycles. The lowest BCUT2D eigenvalue weighted by molar-refractivity contribution is -0.124. The lowest BCUT2D eigenvalue weighted by Crippen LogP contribution is -2.51. The van der Waals surface area contributed by atoms with Crippen LogP contribution in [0.2, 0.25) is 0 Å². The SMILES string of the molecule is CCc1ccc(-c2nc(=S)n(CN3CCN(CC(=O)NC(C)(C)C)CC3)[nH]2)cc1. The van der Waals surface area contributed by atoms with Gasteiger partial charge in [0.25, 0.3) is 0 Å². The average Bonchev–Trinajstić information content (AvgIpc) is 3.02. The molecule has 1 aromatic carbocycles. The number of hydrogen-bond acceptors (Lipinski definition) is 5. The van der Waals surface area contributed by atoms with Crippen LogP contribution in [0, 0.1) is 4.77 Å². The molecule has 7 nitrogen and oxygen atoms in total. The average molecular weight is 417 g/mol. The fraction of sp³-hybridized carbons (Fsp3) is 0.571. The quantitative estimate of drug-likeness (QED) is 0.709. The zero-order valence-electron chi connectivity index (χ0n) is 17.9. The predicted molar refractivity (Wildman–Crippen MR) is 118 cm³/mol. The maximum atomic E-state index is 12.1. The third-order valence-electron chi connectivity index (χ3n) is 5.00. The standard InChI is InChI=1S/C21H32N6OS/c1-5-16-6-8-17(9-7-16)19-22-20(29)27(24-19)15-26-12-10-25(11-13-26)14-18(28)23-21(2,3)4/h6-9H,5,10-15H2,1-4H3,(H,23,28)(H,22,24,29). The van der Waals surface area contributed by atoms with Crippen molar-refractivity contribution in [3.05, 3.63) is 34.6 Å². The van der Waals surface area contributed by atoms with Crippen LogP contribution in [0.3, 0.4) is 0 Å². The van der Waals surface area contributed by atoms with Crippen molar-refractivity contribution in [2.24, 2.45) is 0 Å². The molecule has 1 saturated heterocycles. The van der Waals surface area contributed by atoms with Gasteiger partial charge in [-0.1, -0.05) is 31.2 Å². The largest absolute Gasteiger partial charge is 0.350 e. The number of rotatable bonds is 6. The number of amides is 1. The topological polar surface area (TPSA) is 69.2 Å². The molecule has 1 aliphatic rings. The first kappa shape index (κ1) is 21.7. The second-order valence-corrected chi connectivity index (χ2v) is 9.03. The summed E-state index contributed by atoms with van der Waals surface area (Å²) in [5.74, 6) is 0.885. The van der Waals surface area contributed by atoms with Crippen LogP contribution >= 0.6 is 12.2 Å². The number of aromatic nitrogens is 3. The van der Waals surface area contributed by atoms with Gasteiger partial charge < -0.3 is 5.32 Å². The van der Waals surface area contributed by atoms with E-state index in [4.69, 9.17) is 12.2 Å². The Balaban J connectivity index is 1.53. The van der Waals surface area contributed by atoms with Crippen LogP contribution in [-0.4, -0.2) is 68.7 Å². The van der Waals surface area contributed by atoms with Crippen LogP contribution in [0.4, 0.5) is 0 Å². The Morgan fingerprint density at radius 1 is 1.14 bits per heavy atom. The minimum Gasteiger partial charge on any atom is -0.350 e. The molecule has 0 bridgehead atoms. The van der Waals surface area contributed by atoms with Crippen LogP contribution in [0.15, 0.2) is 24.3 Å². The fourth-order valence-electron chi connectivity index (χ4n) is 3.43. The maximum absolute atomic E-state index is 12.1. The van der Waals surface area contributed by atoms with Crippen molar-refractivity contribution in [3.8, 4) is 11.4 Å². The summed E-state index contributed by atoms with van der Waals surface area (Å²) in [5, 5.41) is 6.36. The molecule has 2 heterocycles. The summed E-state index contributed by atoms with van der Waals surface area (Å²) in [6.07, 6.45) is 1.02. The Bertz CT molecular complexity index is 872. The van der Waals surface area contributed by atoms with E-state index in [-0.39, 0.29) is 11.4 Å². The van der Waals surface area contributed by atoms with Gasteiger partial charge in [-0.25, -0.2) is 4.68 Å². The zero-order valence-corrected chi connectivity index (χ0v) is 18.7. The zero-order chi connectivity index (χ0) is 21.0. The van der Waals surface area contributed by atoms with Gasteiger partial charge in [-0.3, -0.25) is 19.7 Å². The molecular formula is C21H32N6OS. The molecule has 1 amide bonds. The number of carbonyl (C=O) groups excluding carboxylic acids is 1. The number of aromatic amines is 1. The number of nitrogens with one attached hydrogen (secondary N) is 2. The highest BCUT2D eigenvalue weighted by Gasteiger charge is 2.21. The van der Waals surface area contributed by atoms with Gasteiger partial charge in [-0.05, 0) is 45.0 Å². The molecular weight excluding hydrogens is 384 g/mol. The highest BCUT2D eigenvalue weighted by atomic mass is 32.1. The Kier molecular flexibility index (Phi) is 6.87. The highest BCUT2D eigenvalue weighted by molar-refractivity contribution is 7.71. The molecule has 29 heavy (non-hydrogen) atoms. The molecule has 1 aliphatic heterocycles. The molecule has 0 radical (unpaired) electrons. The number of nitrogens with zero attached hydrogens (tertiary/aromatic N) is 4. The molecule has 0 atom stereocenters. The first-order valence-corrected chi connectivity index (χ1v) is 10.7. The normalized spacial score (nSPS) is 16.1. The van der Waals surface area contributed by atoms with E-state index >= 15 is 0 Å². The summed E-state index contributed by atoms with van der Waals surface area (Å²) in [4.78, 5) is 21.2. The number of benzene rings is 1. The summed E-state index contributed by atoms with van der Waals surface area (Å²) in [6.45, 7) is 12.8. The summed E-state index contributed by atoms with van der Waals surface area (Å²) in [7, 11) is 0. The summed E-state index contributed by atoms with van der Waals surface area (Å²) in [5.41, 5.74) is 2.16. The molecule has 158 valence electrons. The monoisotopic (exact) mass is 416 g/mol. The lowest BCUT2D eigenvalue weighted by Gasteiger charge is -2.34. The molecule has 3 rings (SSSR count). The number of H-pyrrole nitrogens is 1. The van der Waals surface area contributed by atoms with Gasteiger partial charge in [-0.2, -0.15) is 4.98 Å². The first-order chi connectivity index (χ1) is 13.7. The second-order valence-electron chi connectivity index (χ2n) is 8.67. The molecule has 8 heteroatoms. The Morgan fingerprint density at radius 2 is 1.76 bits per heavy atom. The van der Waals surface area contributed by atoms with Crippen LogP contribution in [0.1, 0.15) is 33.3 Å². The Labute approximate surface area is 178 Å². The number of carbonyl (C=O) groups is 1. The van der Waals surface area contributed by atoms with E-state index in [0.717, 1.165) is 44.0 Å². The van der Waals surface area contributed by atoms with E-state index < -0.39 is 0 Å². The number of aryl methyl sites for hydroxylation is 1. The van der Waals surface area contributed by atoms with Crippen molar-refractivity contribution in [1.29, 1.82) is 0 Å². The summed E-state index contributed by atoms with van der Waals surface area (Å²) in [6, 6.07) is 8.41. The van der Waals surface area contributed by atoms with Gasteiger partial charge in [0.2, 0.25) is 10.7 Å². The third-order valence-corrected chi connectivity index (χ3v) is 5.31. The first-order valence-electron chi connectivity index (χ1n) is 10.3. The van der Waals surface area contributed by atoms with Crippen molar-refractivity contribution in [2.75, 3.05) is 32.7 Å². The van der Waals surface area contributed by atoms with E-state index in [1.165, 1.54) is 5.56 Å². The van der Waals surface area contributed by atoms with Crippen molar-refractivity contribution >= 4 is 18.1 Å². The van der Waals surface area contributed by atoms with Gasteiger partial charge in [0.1, 0.15) is 0 Å². The molecule has 0 unspecified atom stereocenters. The van der Waals surface area contributed by atoms with Crippen molar-refractivity contribution in [3.63, 3.8) is 0 Å². The maximum Gasteiger partial charge on any atom is 0.234 e. The molecule has 0 saturated carbocycles. The van der Waals surface area contributed by atoms with Crippen LogP contribution < -0.4 is 5.32 Å². The third kappa shape index (κ3) is 6.22. The summed E-state index contributed by atoms with van der Waals surface area (Å²) < 4.78 is 2.48. The molecule has 0 spiro atoms. The van der Waals surface area contributed by atoms with Crippen LogP contribution in [0.25, 0.3) is 11.4 Å². The fourth-order valence-corrected chi connectivity index (χ4v) is 3.62. The van der Waals surface area contributed by atoms with Crippen LogP contribution in [-0.2, 0) is 17.9 Å². The van der Waals surface area contributed by atoms with E-state index in [1.54, 1.807) is 0 Å². The van der Waals surface area contributed by atoms with E-state index in [1.807, 2.05) is 25.5 Å². The van der Waals surface area contributed by atoms with Gasteiger partial charge in [0, 0.05) is 37.3 Å². The molecule has 0 aliphatic carbocycles. The van der Waals surface area contributed by atoms with E-state index in [9.17, 15) is 4.79 Å². The second kappa shape index (κ2) is 9.19.